The Bertz CT molecular complexity index is 750. The topological polar surface area (TPSA) is 130 Å². The van der Waals surface area contributed by atoms with E-state index in [4.69, 9.17) is 0 Å². The maximum Gasteiger partial charge on any atom is 0.293 e. The zero-order valence-corrected chi connectivity index (χ0v) is 16.0. The number of piperidine rings is 1. The van der Waals surface area contributed by atoms with E-state index in [2.05, 4.69) is 16.0 Å². The molecule has 1 unspecified atom stereocenters. The number of hydrogen-bond acceptors (Lipinski definition) is 7. The van der Waals surface area contributed by atoms with Crippen LogP contribution in [-0.4, -0.2) is 51.7 Å². The fourth-order valence-corrected chi connectivity index (χ4v) is 3.29. The molecule has 1 amide bonds. The molecule has 0 aliphatic carbocycles. The Morgan fingerprint density at radius 2 is 2.12 bits per heavy atom. The van der Waals surface area contributed by atoms with Crippen molar-refractivity contribution in [2.24, 2.45) is 5.92 Å². The van der Waals surface area contributed by atoms with Crippen LogP contribution in [0.25, 0.3) is 0 Å². The molecule has 2 rings (SSSR count). The zero-order valence-electron chi connectivity index (χ0n) is 14.4. The summed E-state index contributed by atoms with van der Waals surface area (Å²) in [4.78, 5) is 22.4. The van der Waals surface area contributed by atoms with Crippen molar-refractivity contribution in [1.82, 2.24) is 10.6 Å². The lowest BCUT2D eigenvalue weighted by atomic mass is 9.99. The van der Waals surface area contributed by atoms with E-state index in [1.165, 1.54) is 12.1 Å². The maximum atomic E-state index is 12.0. The van der Waals surface area contributed by atoms with Crippen LogP contribution in [0, 0.1) is 16.0 Å². The van der Waals surface area contributed by atoms with Gasteiger partial charge in [-0.15, -0.1) is 12.4 Å². The van der Waals surface area contributed by atoms with Gasteiger partial charge in [0.1, 0.15) is 5.69 Å². The van der Waals surface area contributed by atoms with E-state index in [-0.39, 0.29) is 40.5 Å². The summed E-state index contributed by atoms with van der Waals surface area (Å²) in [6.07, 6.45) is 2.81. The summed E-state index contributed by atoms with van der Waals surface area (Å²) in [6.45, 7) is 2.21. The highest BCUT2D eigenvalue weighted by molar-refractivity contribution is 7.90. The van der Waals surface area contributed by atoms with Crippen LogP contribution in [0.4, 0.5) is 11.4 Å². The van der Waals surface area contributed by atoms with Gasteiger partial charge >= 0.3 is 0 Å². The second kappa shape index (κ2) is 9.70. The third-order valence-electron chi connectivity index (χ3n) is 4.00. The molecule has 3 N–H and O–H groups in total. The van der Waals surface area contributed by atoms with Crippen molar-refractivity contribution in [3.05, 3.63) is 28.3 Å². The SMILES string of the molecule is CS(=O)(=O)c1ccc(NCCNC(=O)C2CCCNC2)c([N+](=O)[O-])c1.Cl. The number of sulfone groups is 1. The van der Waals surface area contributed by atoms with Gasteiger partial charge in [-0.25, -0.2) is 8.42 Å². The van der Waals surface area contributed by atoms with Crippen LogP contribution in [0.1, 0.15) is 12.8 Å². The molecule has 146 valence electrons. The predicted molar refractivity (Wildman–Crippen MR) is 101 cm³/mol. The largest absolute Gasteiger partial charge is 0.378 e. The van der Waals surface area contributed by atoms with E-state index < -0.39 is 14.8 Å². The molecule has 9 nitrogen and oxygen atoms in total. The zero-order chi connectivity index (χ0) is 18.4. The number of nitrogens with zero attached hydrogens (tertiary/aromatic N) is 1. The van der Waals surface area contributed by atoms with Crippen LogP contribution >= 0.6 is 12.4 Å². The quantitative estimate of drug-likeness (QED) is 0.349. The fourth-order valence-electron chi connectivity index (χ4n) is 2.65. The second-order valence-electron chi connectivity index (χ2n) is 5.97. The Kier molecular flexibility index (Phi) is 8.25. The summed E-state index contributed by atoms with van der Waals surface area (Å²) in [5.74, 6) is -0.0759. The number of amides is 1. The summed E-state index contributed by atoms with van der Waals surface area (Å²) >= 11 is 0. The Balaban J connectivity index is 0.00000338. The van der Waals surface area contributed by atoms with Crippen molar-refractivity contribution in [2.45, 2.75) is 17.7 Å². The number of anilines is 1. The van der Waals surface area contributed by atoms with Crippen molar-refractivity contribution >= 4 is 39.5 Å². The minimum absolute atomic E-state index is 0. The molecule has 1 aliphatic heterocycles. The second-order valence-corrected chi connectivity index (χ2v) is 7.99. The lowest BCUT2D eigenvalue weighted by molar-refractivity contribution is -0.384. The Morgan fingerprint density at radius 3 is 2.69 bits per heavy atom. The van der Waals surface area contributed by atoms with Gasteiger partial charge in [-0.05, 0) is 31.5 Å². The summed E-state index contributed by atoms with van der Waals surface area (Å²) in [7, 11) is -3.52. The minimum Gasteiger partial charge on any atom is -0.378 e. The molecule has 26 heavy (non-hydrogen) atoms. The first-order valence-electron chi connectivity index (χ1n) is 8.00. The van der Waals surface area contributed by atoms with E-state index >= 15 is 0 Å². The average molecular weight is 407 g/mol. The Labute approximate surface area is 158 Å². The number of nitrogens with one attached hydrogen (secondary N) is 3. The molecule has 1 saturated heterocycles. The molecule has 0 saturated carbocycles. The monoisotopic (exact) mass is 406 g/mol. The molecule has 1 heterocycles. The first-order chi connectivity index (χ1) is 11.8. The number of carbonyl (C=O) groups excluding carboxylic acids is 1. The van der Waals surface area contributed by atoms with Crippen LogP contribution in [0.15, 0.2) is 23.1 Å². The first kappa shape index (κ1) is 22.1. The van der Waals surface area contributed by atoms with Crippen molar-refractivity contribution in [1.29, 1.82) is 0 Å². The lowest BCUT2D eigenvalue weighted by Crippen LogP contribution is -2.41. The smallest absolute Gasteiger partial charge is 0.293 e. The van der Waals surface area contributed by atoms with E-state index in [0.29, 0.717) is 19.6 Å². The number of rotatable bonds is 7. The van der Waals surface area contributed by atoms with Crippen LogP contribution < -0.4 is 16.0 Å². The normalized spacial score (nSPS) is 17.0. The van der Waals surface area contributed by atoms with E-state index in [9.17, 15) is 23.3 Å². The van der Waals surface area contributed by atoms with Crippen LogP contribution in [0.5, 0.6) is 0 Å². The maximum absolute atomic E-state index is 12.0. The van der Waals surface area contributed by atoms with Crippen LogP contribution in [-0.2, 0) is 14.6 Å². The lowest BCUT2D eigenvalue weighted by Gasteiger charge is -2.21. The van der Waals surface area contributed by atoms with Gasteiger partial charge in [-0.1, -0.05) is 0 Å². The van der Waals surface area contributed by atoms with Gasteiger partial charge in [-0.2, -0.15) is 0 Å². The highest BCUT2D eigenvalue weighted by Gasteiger charge is 2.21. The standard InChI is InChI=1S/C15H22N4O5S.ClH/c1-25(23,24)12-4-5-13(14(9-12)19(21)22)17-7-8-18-15(20)11-3-2-6-16-10-11;/h4-5,9,11,16-17H,2-3,6-8,10H2,1H3,(H,18,20);1H. The third-order valence-corrected chi connectivity index (χ3v) is 5.11. The van der Waals surface area contributed by atoms with Gasteiger partial charge in [0, 0.05) is 32.0 Å². The van der Waals surface area contributed by atoms with Gasteiger partial charge in [-0.3, -0.25) is 14.9 Å². The summed E-state index contributed by atoms with van der Waals surface area (Å²) < 4.78 is 23.0. The molecule has 11 heteroatoms. The van der Waals surface area contributed by atoms with Crippen molar-refractivity contribution in [3.63, 3.8) is 0 Å². The summed E-state index contributed by atoms with van der Waals surface area (Å²) in [5, 5.41) is 20.0. The third kappa shape index (κ3) is 6.11. The Hall–Kier alpha value is -1.91. The molecule has 0 spiro atoms. The average Bonchev–Trinajstić information content (AvgIpc) is 2.58. The van der Waals surface area contributed by atoms with E-state index in [1.807, 2.05) is 0 Å². The Morgan fingerprint density at radius 1 is 1.38 bits per heavy atom. The van der Waals surface area contributed by atoms with Gasteiger partial charge in [0.25, 0.3) is 5.69 Å². The minimum atomic E-state index is -3.52. The number of carbonyl (C=O) groups is 1. The summed E-state index contributed by atoms with van der Waals surface area (Å²) in [5.41, 5.74) is -0.100. The van der Waals surface area contributed by atoms with Crippen molar-refractivity contribution < 1.29 is 18.1 Å². The molecule has 1 fully saturated rings. The fraction of sp³-hybridized carbons (Fsp3) is 0.533. The molecule has 0 aromatic heterocycles. The van der Waals surface area contributed by atoms with E-state index in [0.717, 1.165) is 31.7 Å². The van der Waals surface area contributed by atoms with Crippen molar-refractivity contribution in [3.8, 4) is 0 Å². The number of halogens is 1. The number of hydrogen-bond donors (Lipinski definition) is 3. The van der Waals surface area contributed by atoms with Gasteiger partial charge < -0.3 is 16.0 Å². The molecular formula is C15H23ClN4O5S. The first-order valence-corrected chi connectivity index (χ1v) is 9.89. The molecular weight excluding hydrogens is 384 g/mol. The highest BCUT2D eigenvalue weighted by atomic mass is 35.5. The molecule has 0 bridgehead atoms. The number of benzene rings is 1. The van der Waals surface area contributed by atoms with Gasteiger partial charge in [0.05, 0.1) is 15.7 Å². The van der Waals surface area contributed by atoms with Gasteiger partial charge in [0.2, 0.25) is 5.91 Å². The molecule has 1 aliphatic rings. The van der Waals surface area contributed by atoms with Crippen molar-refractivity contribution in [2.75, 3.05) is 37.8 Å². The highest BCUT2D eigenvalue weighted by Crippen LogP contribution is 2.27. The predicted octanol–water partition coefficient (Wildman–Crippen LogP) is 0.948. The molecule has 1 atom stereocenters. The van der Waals surface area contributed by atoms with Gasteiger partial charge in [0.15, 0.2) is 9.84 Å². The van der Waals surface area contributed by atoms with E-state index in [1.54, 1.807) is 0 Å². The summed E-state index contributed by atoms with van der Waals surface area (Å²) in [6, 6.07) is 3.71. The molecule has 0 radical (unpaired) electrons. The van der Waals surface area contributed by atoms with Crippen LogP contribution in [0.3, 0.4) is 0 Å². The molecule has 1 aromatic carbocycles. The van der Waals surface area contributed by atoms with Crippen LogP contribution in [0.2, 0.25) is 0 Å². The number of nitro groups is 1. The number of nitro benzene ring substituents is 1. The molecule has 1 aromatic rings.